The highest BCUT2D eigenvalue weighted by molar-refractivity contribution is 9.10. The van der Waals surface area contributed by atoms with Crippen LogP contribution in [0.1, 0.15) is 5.56 Å². The highest BCUT2D eigenvalue weighted by atomic mass is 79.9. The van der Waals surface area contributed by atoms with E-state index in [-0.39, 0.29) is 0 Å². The van der Waals surface area contributed by atoms with Gasteiger partial charge in [0.05, 0.1) is 18.7 Å². The maximum atomic E-state index is 6.21. The van der Waals surface area contributed by atoms with Crippen molar-refractivity contribution < 1.29 is 9.47 Å². The van der Waals surface area contributed by atoms with Gasteiger partial charge in [-0.2, -0.15) is 0 Å². The third-order valence-electron chi connectivity index (χ3n) is 2.92. The summed E-state index contributed by atoms with van der Waals surface area (Å²) in [6.45, 7) is 0.577. The molecule has 2 rings (SSSR count). The molecule has 0 saturated heterocycles. The number of hydrogen-bond donors (Lipinski definition) is 1. The molecule has 2 aromatic carbocycles. The smallest absolute Gasteiger partial charge is 0.135 e. The molecule has 3 nitrogen and oxygen atoms in total. The highest BCUT2D eigenvalue weighted by Gasteiger charge is 2.08. The molecule has 0 spiro atoms. The summed E-state index contributed by atoms with van der Waals surface area (Å²) in [7, 11) is 3.28. The third-order valence-corrected chi connectivity index (χ3v) is 3.93. The van der Waals surface area contributed by atoms with Crippen LogP contribution in [0.15, 0.2) is 40.9 Å². The average Bonchev–Trinajstić information content (AvgIpc) is 2.47. The van der Waals surface area contributed by atoms with Gasteiger partial charge < -0.3 is 14.8 Å². The molecule has 0 aromatic heterocycles. The van der Waals surface area contributed by atoms with Crippen LogP contribution < -0.4 is 14.8 Å². The van der Waals surface area contributed by atoms with Gasteiger partial charge in [0.1, 0.15) is 11.5 Å². The van der Waals surface area contributed by atoms with E-state index in [0.717, 1.165) is 27.2 Å². The summed E-state index contributed by atoms with van der Waals surface area (Å²) in [5.41, 5.74) is 1.88. The molecule has 1 N–H and O–H groups in total. The van der Waals surface area contributed by atoms with E-state index in [1.807, 2.05) is 36.4 Å². The molecule has 0 bridgehead atoms. The van der Waals surface area contributed by atoms with Gasteiger partial charge in [0, 0.05) is 28.9 Å². The van der Waals surface area contributed by atoms with Crippen molar-refractivity contribution >= 4 is 33.2 Å². The SMILES string of the molecule is COc1cc(NCc2c(Cl)cccc2OC)ccc1Br. The third kappa shape index (κ3) is 3.38. The number of hydrogen-bond acceptors (Lipinski definition) is 3. The minimum absolute atomic E-state index is 0.577. The average molecular weight is 357 g/mol. The van der Waals surface area contributed by atoms with Gasteiger partial charge in [0.25, 0.3) is 0 Å². The Bertz CT molecular complexity index is 604. The molecular weight excluding hydrogens is 342 g/mol. The van der Waals surface area contributed by atoms with E-state index in [1.165, 1.54) is 0 Å². The van der Waals surface area contributed by atoms with Crippen LogP contribution in [0.4, 0.5) is 5.69 Å². The molecule has 0 fully saturated rings. The molecule has 0 atom stereocenters. The Morgan fingerprint density at radius 3 is 2.55 bits per heavy atom. The Morgan fingerprint density at radius 1 is 1.10 bits per heavy atom. The van der Waals surface area contributed by atoms with Crippen molar-refractivity contribution in [2.75, 3.05) is 19.5 Å². The molecule has 20 heavy (non-hydrogen) atoms. The molecule has 0 heterocycles. The van der Waals surface area contributed by atoms with Crippen LogP contribution in [-0.4, -0.2) is 14.2 Å². The Labute approximate surface area is 132 Å². The lowest BCUT2D eigenvalue weighted by molar-refractivity contribution is 0.410. The maximum Gasteiger partial charge on any atom is 0.135 e. The van der Waals surface area contributed by atoms with Crippen molar-refractivity contribution in [3.8, 4) is 11.5 Å². The van der Waals surface area contributed by atoms with Gasteiger partial charge in [-0.3, -0.25) is 0 Å². The van der Waals surface area contributed by atoms with Crippen LogP contribution in [0.25, 0.3) is 0 Å². The second kappa shape index (κ2) is 6.86. The van der Waals surface area contributed by atoms with E-state index >= 15 is 0 Å². The predicted molar refractivity (Wildman–Crippen MR) is 86.0 cm³/mol. The van der Waals surface area contributed by atoms with Gasteiger partial charge in [0.2, 0.25) is 0 Å². The van der Waals surface area contributed by atoms with E-state index in [9.17, 15) is 0 Å². The fourth-order valence-electron chi connectivity index (χ4n) is 1.86. The largest absolute Gasteiger partial charge is 0.496 e. The Morgan fingerprint density at radius 2 is 1.85 bits per heavy atom. The summed E-state index contributed by atoms with van der Waals surface area (Å²) in [5.74, 6) is 1.55. The molecule has 5 heteroatoms. The van der Waals surface area contributed by atoms with E-state index in [4.69, 9.17) is 21.1 Å². The summed E-state index contributed by atoms with van der Waals surface area (Å²) < 4.78 is 11.5. The van der Waals surface area contributed by atoms with Crippen molar-refractivity contribution in [3.05, 3.63) is 51.5 Å². The molecule has 0 radical (unpaired) electrons. The standard InChI is InChI=1S/C15H15BrClNO2/c1-19-14-5-3-4-13(17)11(14)9-18-10-6-7-12(16)15(8-10)20-2/h3-8,18H,9H2,1-2H3. The number of ether oxygens (including phenoxy) is 2. The van der Waals surface area contributed by atoms with Crippen molar-refractivity contribution in [1.82, 2.24) is 0 Å². The normalized spacial score (nSPS) is 10.2. The van der Waals surface area contributed by atoms with Gasteiger partial charge in [-0.05, 0) is 40.2 Å². The second-order valence-electron chi connectivity index (χ2n) is 4.12. The summed E-state index contributed by atoms with van der Waals surface area (Å²) in [5, 5.41) is 3.99. The number of anilines is 1. The topological polar surface area (TPSA) is 30.5 Å². The summed E-state index contributed by atoms with van der Waals surface area (Å²) >= 11 is 9.63. The maximum absolute atomic E-state index is 6.21. The number of halogens is 2. The molecule has 0 aliphatic rings. The Kier molecular flexibility index (Phi) is 5.15. The van der Waals surface area contributed by atoms with Gasteiger partial charge in [-0.25, -0.2) is 0 Å². The molecular formula is C15H15BrClNO2. The summed E-state index contributed by atoms with van der Waals surface area (Å²) in [4.78, 5) is 0. The van der Waals surface area contributed by atoms with E-state index in [0.29, 0.717) is 11.6 Å². The summed E-state index contributed by atoms with van der Waals surface area (Å²) in [6.07, 6.45) is 0. The molecule has 0 aliphatic heterocycles. The van der Waals surface area contributed by atoms with Crippen molar-refractivity contribution in [1.29, 1.82) is 0 Å². The first-order valence-corrected chi connectivity index (χ1v) is 7.21. The van der Waals surface area contributed by atoms with Crippen LogP contribution in [0, 0.1) is 0 Å². The Hall–Kier alpha value is -1.39. The first-order chi connectivity index (χ1) is 9.65. The molecule has 0 unspecified atom stereocenters. The molecule has 0 aliphatic carbocycles. The van der Waals surface area contributed by atoms with Gasteiger partial charge >= 0.3 is 0 Å². The van der Waals surface area contributed by atoms with E-state index in [2.05, 4.69) is 21.2 Å². The number of rotatable bonds is 5. The van der Waals surface area contributed by atoms with Crippen LogP contribution in [-0.2, 0) is 6.54 Å². The van der Waals surface area contributed by atoms with Crippen molar-refractivity contribution in [2.45, 2.75) is 6.54 Å². The fraction of sp³-hybridized carbons (Fsp3) is 0.200. The Balaban J connectivity index is 2.17. The number of benzene rings is 2. The van der Waals surface area contributed by atoms with Crippen LogP contribution in [0.5, 0.6) is 11.5 Å². The van der Waals surface area contributed by atoms with E-state index < -0.39 is 0 Å². The van der Waals surface area contributed by atoms with Crippen LogP contribution >= 0.6 is 27.5 Å². The minimum atomic E-state index is 0.577. The zero-order chi connectivity index (χ0) is 14.5. The minimum Gasteiger partial charge on any atom is -0.496 e. The first kappa shape index (κ1) is 15.0. The second-order valence-corrected chi connectivity index (χ2v) is 5.39. The predicted octanol–water partition coefficient (Wildman–Crippen LogP) is 4.73. The molecule has 0 amide bonds. The monoisotopic (exact) mass is 355 g/mol. The first-order valence-electron chi connectivity index (χ1n) is 6.04. The van der Waals surface area contributed by atoms with Crippen LogP contribution in [0.2, 0.25) is 5.02 Å². The number of methoxy groups -OCH3 is 2. The fourth-order valence-corrected chi connectivity index (χ4v) is 2.50. The lowest BCUT2D eigenvalue weighted by Crippen LogP contribution is -2.02. The molecule has 2 aromatic rings. The van der Waals surface area contributed by atoms with E-state index in [1.54, 1.807) is 14.2 Å². The molecule has 106 valence electrons. The van der Waals surface area contributed by atoms with Gasteiger partial charge in [-0.1, -0.05) is 17.7 Å². The van der Waals surface area contributed by atoms with Crippen molar-refractivity contribution in [3.63, 3.8) is 0 Å². The zero-order valence-electron chi connectivity index (χ0n) is 11.2. The zero-order valence-corrected chi connectivity index (χ0v) is 13.6. The van der Waals surface area contributed by atoms with Crippen molar-refractivity contribution in [2.24, 2.45) is 0 Å². The van der Waals surface area contributed by atoms with Crippen LogP contribution in [0.3, 0.4) is 0 Å². The summed E-state index contributed by atoms with van der Waals surface area (Å²) in [6, 6.07) is 11.4. The quantitative estimate of drug-likeness (QED) is 0.840. The highest BCUT2D eigenvalue weighted by Crippen LogP contribution is 2.30. The molecule has 0 saturated carbocycles. The van der Waals surface area contributed by atoms with Gasteiger partial charge in [-0.15, -0.1) is 0 Å². The van der Waals surface area contributed by atoms with Gasteiger partial charge in [0.15, 0.2) is 0 Å². The lowest BCUT2D eigenvalue weighted by atomic mass is 10.2. The lowest BCUT2D eigenvalue weighted by Gasteiger charge is -2.13. The number of nitrogens with one attached hydrogen (secondary N) is 1.